The average molecular weight is 253 g/mol. The molecule has 6 nitrogen and oxygen atoms in total. The molecule has 2 rings (SSSR count). The third kappa shape index (κ3) is 2.50. The SMILES string of the molecule is Cc1occc1-c1nnc(S[C@@H](C)C(N)=O)o1. The third-order valence-electron chi connectivity index (χ3n) is 2.17. The van der Waals surface area contributed by atoms with Crippen molar-refractivity contribution in [2.24, 2.45) is 5.73 Å². The summed E-state index contributed by atoms with van der Waals surface area (Å²) >= 11 is 1.13. The van der Waals surface area contributed by atoms with E-state index in [0.29, 0.717) is 16.9 Å². The summed E-state index contributed by atoms with van der Waals surface area (Å²) in [7, 11) is 0. The molecule has 0 aliphatic heterocycles. The number of nitrogens with zero attached hydrogens (tertiary/aromatic N) is 2. The molecule has 90 valence electrons. The fourth-order valence-electron chi connectivity index (χ4n) is 1.18. The quantitative estimate of drug-likeness (QED) is 0.831. The number of primary amides is 1. The van der Waals surface area contributed by atoms with Crippen molar-refractivity contribution in [1.29, 1.82) is 0 Å². The number of hydrogen-bond acceptors (Lipinski definition) is 6. The number of nitrogens with two attached hydrogens (primary N) is 1. The molecule has 0 saturated carbocycles. The molecule has 0 aliphatic carbocycles. The van der Waals surface area contributed by atoms with Gasteiger partial charge in [-0.1, -0.05) is 11.8 Å². The first-order chi connectivity index (χ1) is 8.08. The number of thioether (sulfide) groups is 1. The van der Waals surface area contributed by atoms with Crippen LogP contribution in [0.3, 0.4) is 0 Å². The van der Waals surface area contributed by atoms with E-state index in [0.717, 1.165) is 17.3 Å². The molecule has 2 N–H and O–H groups in total. The van der Waals surface area contributed by atoms with E-state index < -0.39 is 11.2 Å². The van der Waals surface area contributed by atoms with Gasteiger partial charge in [0.15, 0.2) is 0 Å². The van der Waals surface area contributed by atoms with Crippen molar-refractivity contribution < 1.29 is 13.6 Å². The van der Waals surface area contributed by atoms with Gasteiger partial charge in [-0.05, 0) is 19.9 Å². The van der Waals surface area contributed by atoms with Crippen LogP contribution < -0.4 is 5.73 Å². The lowest BCUT2D eigenvalue weighted by molar-refractivity contribution is -0.117. The summed E-state index contributed by atoms with van der Waals surface area (Å²) in [5.41, 5.74) is 5.89. The van der Waals surface area contributed by atoms with Gasteiger partial charge in [0.05, 0.1) is 17.1 Å². The van der Waals surface area contributed by atoms with E-state index >= 15 is 0 Å². The lowest BCUT2D eigenvalue weighted by atomic mass is 10.3. The molecular weight excluding hydrogens is 242 g/mol. The molecule has 2 heterocycles. The molecule has 0 aromatic carbocycles. The van der Waals surface area contributed by atoms with Crippen molar-refractivity contribution in [1.82, 2.24) is 10.2 Å². The zero-order valence-corrected chi connectivity index (χ0v) is 10.2. The van der Waals surface area contributed by atoms with Gasteiger partial charge >= 0.3 is 0 Å². The number of rotatable bonds is 4. The highest BCUT2D eigenvalue weighted by atomic mass is 32.2. The van der Waals surface area contributed by atoms with Crippen LogP contribution in [0, 0.1) is 6.92 Å². The summed E-state index contributed by atoms with van der Waals surface area (Å²) < 4.78 is 10.5. The molecule has 0 unspecified atom stereocenters. The minimum absolute atomic E-state index is 0.312. The normalized spacial score (nSPS) is 12.6. The molecule has 1 atom stereocenters. The molecule has 7 heteroatoms. The molecule has 0 spiro atoms. The third-order valence-corrected chi connectivity index (χ3v) is 3.13. The minimum Gasteiger partial charge on any atom is -0.469 e. The van der Waals surface area contributed by atoms with E-state index in [-0.39, 0.29) is 0 Å². The Kier molecular flexibility index (Phi) is 3.19. The molecular formula is C10H11N3O3S. The Balaban J connectivity index is 2.17. The summed E-state index contributed by atoms with van der Waals surface area (Å²) in [4.78, 5) is 10.9. The van der Waals surface area contributed by atoms with Crippen molar-refractivity contribution in [2.45, 2.75) is 24.3 Å². The minimum atomic E-state index is -0.422. The Morgan fingerprint density at radius 2 is 2.29 bits per heavy atom. The van der Waals surface area contributed by atoms with Crippen molar-refractivity contribution in [3.05, 3.63) is 18.1 Å². The number of amides is 1. The van der Waals surface area contributed by atoms with Gasteiger partial charge in [-0.2, -0.15) is 0 Å². The zero-order valence-electron chi connectivity index (χ0n) is 9.34. The van der Waals surface area contributed by atoms with E-state index in [1.807, 2.05) is 0 Å². The van der Waals surface area contributed by atoms with Crippen molar-refractivity contribution in [3.8, 4) is 11.5 Å². The lowest BCUT2D eigenvalue weighted by Gasteiger charge is -2.00. The maximum Gasteiger partial charge on any atom is 0.277 e. The van der Waals surface area contributed by atoms with Gasteiger partial charge in [0.25, 0.3) is 11.1 Å². The standard InChI is InChI=1S/C10H11N3O3S/c1-5-7(3-4-15-5)9-12-13-10(16-9)17-6(2)8(11)14/h3-4,6H,1-2H3,(H2,11,14)/t6-/m0/s1. The molecule has 17 heavy (non-hydrogen) atoms. The summed E-state index contributed by atoms with van der Waals surface area (Å²) in [6.07, 6.45) is 1.55. The zero-order chi connectivity index (χ0) is 12.4. The van der Waals surface area contributed by atoms with Crippen LogP contribution in [0.1, 0.15) is 12.7 Å². The number of carbonyl (C=O) groups is 1. The van der Waals surface area contributed by atoms with E-state index in [4.69, 9.17) is 14.6 Å². The van der Waals surface area contributed by atoms with Gasteiger partial charge in [-0.25, -0.2) is 0 Å². The second-order valence-corrected chi connectivity index (χ2v) is 4.72. The lowest BCUT2D eigenvalue weighted by Crippen LogP contribution is -2.22. The smallest absolute Gasteiger partial charge is 0.277 e. The Morgan fingerprint density at radius 3 is 2.88 bits per heavy atom. The van der Waals surface area contributed by atoms with Crippen molar-refractivity contribution in [2.75, 3.05) is 0 Å². The van der Waals surface area contributed by atoms with Crippen molar-refractivity contribution >= 4 is 17.7 Å². The Bertz CT molecular complexity index is 534. The molecule has 0 radical (unpaired) electrons. The molecule has 1 amide bonds. The summed E-state index contributed by atoms with van der Waals surface area (Å²) in [5.74, 6) is 0.651. The first-order valence-corrected chi connectivity index (χ1v) is 5.80. The second kappa shape index (κ2) is 4.62. The highest BCUT2D eigenvalue weighted by molar-refractivity contribution is 8.00. The Labute approximate surface area is 102 Å². The fourth-order valence-corrected chi connectivity index (χ4v) is 1.82. The highest BCUT2D eigenvalue weighted by Gasteiger charge is 2.17. The van der Waals surface area contributed by atoms with Crippen LogP contribution in [0.5, 0.6) is 0 Å². The number of aryl methyl sites for hydroxylation is 1. The van der Waals surface area contributed by atoms with Crippen LogP contribution in [0.4, 0.5) is 0 Å². The molecule has 0 aliphatic rings. The van der Waals surface area contributed by atoms with Gasteiger partial charge in [-0.15, -0.1) is 10.2 Å². The summed E-state index contributed by atoms with van der Waals surface area (Å²) in [5, 5.41) is 7.62. The van der Waals surface area contributed by atoms with Gasteiger partial charge in [0.1, 0.15) is 5.76 Å². The van der Waals surface area contributed by atoms with Crippen LogP contribution in [0.15, 0.2) is 26.4 Å². The molecule has 0 bridgehead atoms. The highest BCUT2D eigenvalue weighted by Crippen LogP contribution is 2.27. The molecule has 0 saturated heterocycles. The van der Waals surface area contributed by atoms with Crippen LogP contribution in [-0.2, 0) is 4.79 Å². The van der Waals surface area contributed by atoms with Gasteiger partial charge in [-0.3, -0.25) is 4.79 Å². The van der Waals surface area contributed by atoms with Crippen LogP contribution in [0.2, 0.25) is 0 Å². The topological polar surface area (TPSA) is 95.1 Å². The Hall–Kier alpha value is -1.76. The Morgan fingerprint density at radius 1 is 1.53 bits per heavy atom. The molecule has 2 aromatic rings. The summed E-state index contributed by atoms with van der Waals surface area (Å²) in [6, 6.07) is 1.74. The van der Waals surface area contributed by atoms with Crippen LogP contribution in [0.25, 0.3) is 11.5 Å². The number of carbonyl (C=O) groups excluding carboxylic acids is 1. The predicted octanol–water partition coefficient (Wildman–Crippen LogP) is 1.60. The van der Waals surface area contributed by atoms with E-state index in [1.165, 1.54) is 0 Å². The molecule has 0 fully saturated rings. The monoisotopic (exact) mass is 253 g/mol. The molecule has 2 aromatic heterocycles. The number of aromatic nitrogens is 2. The van der Waals surface area contributed by atoms with Gasteiger partial charge in [0, 0.05) is 0 Å². The van der Waals surface area contributed by atoms with Gasteiger partial charge < -0.3 is 14.6 Å². The largest absolute Gasteiger partial charge is 0.469 e. The number of furan rings is 1. The van der Waals surface area contributed by atoms with Crippen LogP contribution in [-0.4, -0.2) is 21.4 Å². The van der Waals surface area contributed by atoms with Crippen molar-refractivity contribution in [3.63, 3.8) is 0 Å². The second-order valence-electron chi connectivity index (χ2n) is 3.43. The maximum atomic E-state index is 10.9. The van der Waals surface area contributed by atoms with Gasteiger partial charge in [0.2, 0.25) is 5.91 Å². The predicted molar refractivity (Wildman–Crippen MR) is 61.3 cm³/mol. The average Bonchev–Trinajstić information content (AvgIpc) is 2.86. The fraction of sp³-hybridized carbons (Fsp3) is 0.300. The first-order valence-electron chi connectivity index (χ1n) is 4.92. The maximum absolute atomic E-state index is 10.9. The van der Waals surface area contributed by atoms with Crippen LogP contribution >= 0.6 is 11.8 Å². The van der Waals surface area contributed by atoms with E-state index in [1.54, 1.807) is 26.2 Å². The van der Waals surface area contributed by atoms with E-state index in [9.17, 15) is 4.79 Å². The number of hydrogen-bond donors (Lipinski definition) is 1. The summed E-state index contributed by atoms with van der Waals surface area (Å²) in [6.45, 7) is 3.48. The first kappa shape index (κ1) is 11.7. The van der Waals surface area contributed by atoms with E-state index in [2.05, 4.69) is 10.2 Å².